The van der Waals surface area contributed by atoms with E-state index < -0.39 is 0 Å². The minimum Gasteiger partial charge on any atom is -0.425 e. The highest BCUT2D eigenvalue weighted by Crippen LogP contribution is 2.42. The second-order valence-corrected chi connectivity index (χ2v) is 10.7. The molecule has 0 amide bonds. The molecule has 0 aliphatic rings. The van der Waals surface area contributed by atoms with E-state index in [0.717, 1.165) is 29.8 Å². The van der Waals surface area contributed by atoms with E-state index in [1.807, 2.05) is 6.07 Å². The molecule has 4 aromatic rings. The predicted octanol–water partition coefficient (Wildman–Crippen LogP) is 7.80. The summed E-state index contributed by atoms with van der Waals surface area (Å²) in [5.41, 5.74) is 4.80. The van der Waals surface area contributed by atoms with Crippen LogP contribution in [0.25, 0.3) is 21.8 Å². The molecule has 0 aliphatic carbocycles. The van der Waals surface area contributed by atoms with E-state index in [1.54, 1.807) is 11.8 Å². The molecule has 33 heavy (non-hydrogen) atoms. The molecule has 0 aliphatic heterocycles. The van der Waals surface area contributed by atoms with Crippen LogP contribution in [0.2, 0.25) is 0 Å². The fourth-order valence-electron chi connectivity index (χ4n) is 4.57. The van der Waals surface area contributed by atoms with Crippen LogP contribution in [0.15, 0.2) is 65.6 Å². The number of hydrogen-bond acceptors (Lipinski definition) is 3. The Labute approximate surface area is 201 Å². The van der Waals surface area contributed by atoms with Crippen molar-refractivity contribution in [2.45, 2.75) is 58.4 Å². The topological polar surface area (TPSA) is 31.2 Å². The number of thioether (sulfide) groups is 1. The molecule has 0 unspecified atom stereocenters. The number of carbonyl (C=O) groups excluding carboxylic acids is 1. The maximum absolute atomic E-state index is 12.7. The van der Waals surface area contributed by atoms with Crippen LogP contribution in [0.3, 0.4) is 0 Å². The van der Waals surface area contributed by atoms with Crippen molar-refractivity contribution >= 4 is 39.5 Å². The number of aryl methyl sites for hydroxylation is 3. The van der Waals surface area contributed by atoms with Crippen molar-refractivity contribution in [1.82, 2.24) is 4.57 Å². The highest BCUT2D eigenvalue weighted by atomic mass is 32.2. The van der Waals surface area contributed by atoms with Crippen LogP contribution < -0.4 is 4.74 Å². The van der Waals surface area contributed by atoms with Crippen LogP contribution in [-0.2, 0) is 17.8 Å². The minimum atomic E-state index is -0.178. The molecule has 1 aromatic heterocycles. The van der Waals surface area contributed by atoms with Crippen molar-refractivity contribution in [2.75, 3.05) is 6.26 Å². The lowest BCUT2D eigenvalue weighted by Gasteiger charge is -2.18. The summed E-state index contributed by atoms with van der Waals surface area (Å²) in [7, 11) is 0. The van der Waals surface area contributed by atoms with Crippen molar-refractivity contribution in [2.24, 2.45) is 5.41 Å². The molecule has 0 saturated heterocycles. The summed E-state index contributed by atoms with van der Waals surface area (Å²) in [5.74, 6) is 0.497. The van der Waals surface area contributed by atoms with Gasteiger partial charge in [-0.1, -0.05) is 69.3 Å². The van der Waals surface area contributed by atoms with Crippen LogP contribution in [0.1, 0.15) is 44.7 Å². The molecule has 1 heterocycles. The first-order chi connectivity index (χ1) is 15.8. The third-order valence-electron chi connectivity index (χ3n) is 5.94. The number of nitrogens with zero attached hydrogens (tertiary/aromatic N) is 1. The molecule has 172 valence electrons. The Hall–Kier alpha value is -2.72. The van der Waals surface area contributed by atoms with E-state index >= 15 is 0 Å². The number of aromatic nitrogens is 1. The van der Waals surface area contributed by atoms with Crippen molar-refractivity contribution in [3.05, 3.63) is 71.8 Å². The average molecular weight is 460 g/mol. The number of rotatable bonds is 7. The summed E-state index contributed by atoms with van der Waals surface area (Å²) in [6.45, 7) is 9.20. The standard InChI is InChI=1S/C29H33NO2S/c1-20-18-24(32-25(31)19-29(2,3)4)28(33-5)27-26(20)22-15-9-10-16-23(22)30(27)17-11-14-21-12-7-6-8-13-21/h6-10,12-13,15-16,18H,11,14,17,19H2,1-5H3. The predicted molar refractivity (Wildman–Crippen MR) is 140 cm³/mol. The number of esters is 1. The lowest BCUT2D eigenvalue weighted by molar-refractivity contribution is -0.136. The first kappa shape index (κ1) is 23.4. The summed E-state index contributed by atoms with van der Waals surface area (Å²) in [6.07, 6.45) is 4.52. The number of carbonyl (C=O) groups is 1. The van der Waals surface area contributed by atoms with Gasteiger partial charge in [0.25, 0.3) is 0 Å². The highest BCUT2D eigenvalue weighted by molar-refractivity contribution is 7.99. The first-order valence-electron chi connectivity index (χ1n) is 11.6. The monoisotopic (exact) mass is 459 g/mol. The second kappa shape index (κ2) is 9.64. The van der Waals surface area contributed by atoms with Crippen molar-refractivity contribution < 1.29 is 9.53 Å². The lowest BCUT2D eigenvalue weighted by Crippen LogP contribution is -2.18. The summed E-state index contributed by atoms with van der Waals surface area (Å²) >= 11 is 1.65. The molecular formula is C29H33NO2S. The number of ether oxygens (including phenoxy) is 1. The van der Waals surface area contributed by atoms with Gasteiger partial charge in [-0.25, -0.2) is 0 Å². The molecule has 0 spiro atoms. The van der Waals surface area contributed by atoms with Crippen molar-refractivity contribution in [1.29, 1.82) is 0 Å². The number of hydrogen-bond donors (Lipinski definition) is 0. The number of para-hydroxylation sites is 1. The highest BCUT2D eigenvalue weighted by Gasteiger charge is 2.23. The van der Waals surface area contributed by atoms with E-state index in [9.17, 15) is 4.79 Å². The van der Waals surface area contributed by atoms with Gasteiger partial charge in [-0.2, -0.15) is 0 Å². The van der Waals surface area contributed by atoms with E-state index in [0.29, 0.717) is 12.2 Å². The molecule has 3 nitrogen and oxygen atoms in total. The molecular weight excluding hydrogens is 426 g/mol. The molecule has 0 saturated carbocycles. The van der Waals surface area contributed by atoms with Crippen molar-refractivity contribution in [3.63, 3.8) is 0 Å². The van der Waals surface area contributed by atoms with Gasteiger partial charge in [0.2, 0.25) is 0 Å². The van der Waals surface area contributed by atoms with Crippen LogP contribution in [0.5, 0.6) is 5.75 Å². The second-order valence-electron chi connectivity index (χ2n) is 9.92. The van der Waals surface area contributed by atoms with Gasteiger partial charge >= 0.3 is 5.97 Å². The lowest BCUT2D eigenvalue weighted by atomic mass is 9.92. The molecule has 0 bridgehead atoms. The zero-order chi connectivity index (χ0) is 23.6. The third-order valence-corrected chi connectivity index (χ3v) is 6.75. The third kappa shape index (κ3) is 5.11. The quantitative estimate of drug-likeness (QED) is 0.160. The molecule has 3 aromatic carbocycles. The van der Waals surface area contributed by atoms with Gasteiger partial charge in [0.1, 0.15) is 5.75 Å². The Kier molecular flexibility index (Phi) is 6.85. The van der Waals surface area contributed by atoms with Crippen LogP contribution in [0.4, 0.5) is 0 Å². The number of benzene rings is 3. The fourth-order valence-corrected chi connectivity index (χ4v) is 5.28. The van der Waals surface area contributed by atoms with E-state index in [2.05, 4.69) is 93.1 Å². The Bertz CT molecular complexity index is 1280. The Morgan fingerprint density at radius 3 is 2.42 bits per heavy atom. The smallest absolute Gasteiger partial charge is 0.311 e. The van der Waals surface area contributed by atoms with E-state index in [4.69, 9.17) is 4.74 Å². The molecule has 0 atom stereocenters. The first-order valence-corrected chi connectivity index (χ1v) is 12.8. The largest absolute Gasteiger partial charge is 0.425 e. The summed E-state index contributed by atoms with van der Waals surface area (Å²) < 4.78 is 8.38. The zero-order valence-electron chi connectivity index (χ0n) is 20.3. The maximum Gasteiger partial charge on any atom is 0.311 e. The fraction of sp³-hybridized carbons (Fsp3) is 0.345. The molecule has 0 N–H and O–H groups in total. The van der Waals surface area contributed by atoms with Gasteiger partial charge in [-0.3, -0.25) is 4.79 Å². The SMILES string of the molecule is CSc1c(OC(=O)CC(C)(C)C)cc(C)c2c3ccccc3n(CCCc3ccccc3)c12. The average Bonchev–Trinajstić information content (AvgIpc) is 3.08. The Balaban J connectivity index is 1.79. The van der Waals surface area contributed by atoms with Gasteiger partial charge in [0.15, 0.2) is 0 Å². The minimum absolute atomic E-state index is 0.109. The number of fused-ring (bicyclic) bond motifs is 3. The normalized spacial score (nSPS) is 11.9. The Morgan fingerprint density at radius 1 is 1.03 bits per heavy atom. The summed E-state index contributed by atoms with van der Waals surface area (Å²) in [6, 6.07) is 21.3. The van der Waals surface area contributed by atoms with Crippen LogP contribution in [0, 0.1) is 12.3 Å². The van der Waals surface area contributed by atoms with Crippen LogP contribution in [-0.4, -0.2) is 16.8 Å². The molecule has 0 fully saturated rings. The molecule has 4 heteroatoms. The Morgan fingerprint density at radius 2 is 1.73 bits per heavy atom. The van der Waals surface area contributed by atoms with Gasteiger partial charge < -0.3 is 9.30 Å². The molecule has 0 radical (unpaired) electrons. The van der Waals surface area contributed by atoms with Crippen LogP contribution >= 0.6 is 11.8 Å². The van der Waals surface area contributed by atoms with E-state index in [1.165, 1.54) is 27.4 Å². The zero-order valence-corrected chi connectivity index (χ0v) is 21.1. The van der Waals surface area contributed by atoms with Gasteiger partial charge in [0, 0.05) is 22.8 Å². The van der Waals surface area contributed by atoms with Gasteiger partial charge in [0.05, 0.1) is 16.8 Å². The molecule has 4 rings (SSSR count). The summed E-state index contributed by atoms with van der Waals surface area (Å²) in [5, 5.41) is 2.51. The van der Waals surface area contributed by atoms with Gasteiger partial charge in [-0.05, 0) is 54.7 Å². The van der Waals surface area contributed by atoms with Gasteiger partial charge in [-0.15, -0.1) is 11.8 Å². The van der Waals surface area contributed by atoms with E-state index in [-0.39, 0.29) is 11.4 Å². The maximum atomic E-state index is 12.7. The van der Waals surface area contributed by atoms with Crippen molar-refractivity contribution in [3.8, 4) is 5.75 Å². The summed E-state index contributed by atoms with van der Waals surface area (Å²) in [4.78, 5) is 13.7.